The Morgan fingerprint density at radius 1 is 1.00 bits per heavy atom. The molecular weight excluding hydrogens is 333 g/mol. The molecule has 5 nitrogen and oxygen atoms in total. The predicted octanol–water partition coefficient (Wildman–Crippen LogP) is 2.92. The number of sulfonamides is 1. The summed E-state index contributed by atoms with van der Waals surface area (Å²) in [6.45, 7) is 0.656. The summed E-state index contributed by atoms with van der Waals surface area (Å²) in [5.74, 6) is 0.828. The van der Waals surface area contributed by atoms with Gasteiger partial charge < -0.3 is 9.47 Å². The second-order valence-electron chi connectivity index (χ2n) is 5.16. The number of hydrogen-bond donors (Lipinski definition) is 0. The molecule has 0 spiro atoms. The van der Waals surface area contributed by atoms with Crippen LogP contribution in [0.5, 0.6) is 11.5 Å². The van der Waals surface area contributed by atoms with Crippen LogP contribution in [-0.4, -0.2) is 40.0 Å². The summed E-state index contributed by atoms with van der Waals surface area (Å²) < 4.78 is 49.4. The van der Waals surface area contributed by atoms with Crippen LogP contribution in [0.15, 0.2) is 53.4 Å². The monoisotopic (exact) mass is 353 g/mol. The maximum absolute atomic E-state index is 12.8. The zero-order valence-corrected chi connectivity index (χ0v) is 14.4. The van der Waals surface area contributed by atoms with Crippen LogP contribution in [0.1, 0.15) is 6.42 Å². The van der Waals surface area contributed by atoms with Crippen molar-refractivity contribution < 1.29 is 22.3 Å². The van der Waals surface area contributed by atoms with Gasteiger partial charge in [0.15, 0.2) is 0 Å². The van der Waals surface area contributed by atoms with Gasteiger partial charge in [-0.05, 0) is 55.0 Å². The highest BCUT2D eigenvalue weighted by atomic mass is 32.2. The topological polar surface area (TPSA) is 55.8 Å². The molecule has 0 saturated carbocycles. The fourth-order valence-corrected chi connectivity index (χ4v) is 3.27. The summed E-state index contributed by atoms with van der Waals surface area (Å²) in [5.41, 5.74) is 0. The second kappa shape index (κ2) is 8.12. The first kappa shape index (κ1) is 18.2. The summed E-state index contributed by atoms with van der Waals surface area (Å²) in [6, 6.07) is 11.9. The van der Waals surface area contributed by atoms with Crippen molar-refractivity contribution in [2.75, 3.05) is 27.3 Å². The fourth-order valence-electron chi connectivity index (χ4n) is 2.06. The Labute approximate surface area is 141 Å². The number of benzene rings is 2. The minimum atomic E-state index is -3.54. The molecule has 24 heavy (non-hydrogen) atoms. The van der Waals surface area contributed by atoms with Crippen molar-refractivity contribution in [1.29, 1.82) is 0 Å². The molecule has 0 heterocycles. The largest absolute Gasteiger partial charge is 0.497 e. The maximum atomic E-state index is 12.8. The van der Waals surface area contributed by atoms with E-state index in [1.165, 1.54) is 54.9 Å². The molecule has 0 N–H and O–H groups in total. The van der Waals surface area contributed by atoms with E-state index in [9.17, 15) is 12.8 Å². The number of hydrogen-bond acceptors (Lipinski definition) is 4. The summed E-state index contributed by atoms with van der Waals surface area (Å²) in [7, 11) is -0.492. The van der Waals surface area contributed by atoms with E-state index in [0.29, 0.717) is 31.1 Å². The molecule has 0 saturated heterocycles. The molecule has 2 rings (SSSR count). The van der Waals surface area contributed by atoms with E-state index in [1.54, 1.807) is 12.1 Å². The molecule has 7 heteroatoms. The lowest BCUT2D eigenvalue weighted by Crippen LogP contribution is -2.28. The lowest BCUT2D eigenvalue weighted by molar-refractivity contribution is 0.296. The van der Waals surface area contributed by atoms with Gasteiger partial charge in [0.2, 0.25) is 10.0 Å². The molecule has 0 aliphatic carbocycles. The first-order chi connectivity index (χ1) is 11.4. The van der Waals surface area contributed by atoms with E-state index >= 15 is 0 Å². The molecule has 0 atom stereocenters. The Hall–Kier alpha value is -2.12. The average molecular weight is 353 g/mol. The quantitative estimate of drug-likeness (QED) is 0.685. The summed E-state index contributed by atoms with van der Waals surface area (Å²) in [6.07, 6.45) is 0.517. The smallest absolute Gasteiger partial charge is 0.242 e. The van der Waals surface area contributed by atoms with Gasteiger partial charge >= 0.3 is 0 Å². The summed E-state index contributed by atoms with van der Waals surface area (Å²) in [4.78, 5) is 0.213. The Balaban J connectivity index is 1.86. The van der Waals surface area contributed by atoms with Crippen molar-refractivity contribution in [2.24, 2.45) is 0 Å². The second-order valence-corrected chi connectivity index (χ2v) is 7.20. The molecule has 0 unspecified atom stereocenters. The van der Waals surface area contributed by atoms with Gasteiger partial charge in [0.05, 0.1) is 18.6 Å². The molecule has 0 aliphatic rings. The van der Waals surface area contributed by atoms with Gasteiger partial charge in [0.1, 0.15) is 17.3 Å². The van der Waals surface area contributed by atoms with Crippen LogP contribution >= 0.6 is 0 Å². The highest BCUT2D eigenvalue weighted by molar-refractivity contribution is 7.89. The van der Waals surface area contributed by atoms with Crippen molar-refractivity contribution in [2.45, 2.75) is 11.3 Å². The number of nitrogens with zero attached hydrogens (tertiary/aromatic N) is 1. The third kappa shape index (κ3) is 4.69. The van der Waals surface area contributed by atoms with Crippen LogP contribution in [0.4, 0.5) is 4.39 Å². The molecule has 0 bridgehead atoms. The molecule has 0 fully saturated rings. The number of ether oxygens (including phenoxy) is 2. The van der Waals surface area contributed by atoms with Crippen molar-refractivity contribution in [3.05, 3.63) is 54.3 Å². The maximum Gasteiger partial charge on any atom is 0.242 e. The SMILES string of the molecule is COc1ccc(S(=O)(=O)N(C)CCCOc2ccc(F)cc2)cc1. The molecule has 0 radical (unpaired) electrons. The lowest BCUT2D eigenvalue weighted by Gasteiger charge is -2.17. The first-order valence-corrected chi connectivity index (χ1v) is 8.86. The van der Waals surface area contributed by atoms with Crippen LogP contribution in [0, 0.1) is 5.82 Å². The number of halogens is 1. The van der Waals surface area contributed by atoms with Crippen molar-refractivity contribution in [1.82, 2.24) is 4.31 Å². The van der Waals surface area contributed by atoms with Gasteiger partial charge in [-0.15, -0.1) is 0 Å². The summed E-state index contributed by atoms with van der Waals surface area (Å²) in [5, 5.41) is 0. The highest BCUT2D eigenvalue weighted by Gasteiger charge is 2.20. The van der Waals surface area contributed by atoms with E-state index in [1.807, 2.05) is 0 Å². The van der Waals surface area contributed by atoms with E-state index in [0.717, 1.165) is 0 Å². The van der Waals surface area contributed by atoms with Gasteiger partial charge in [-0.2, -0.15) is 0 Å². The van der Waals surface area contributed by atoms with Crippen LogP contribution in [-0.2, 0) is 10.0 Å². The molecule has 0 aromatic heterocycles. The first-order valence-electron chi connectivity index (χ1n) is 7.42. The van der Waals surface area contributed by atoms with E-state index in [2.05, 4.69) is 0 Å². The molecule has 2 aromatic rings. The Morgan fingerprint density at radius 2 is 1.58 bits per heavy atom. The number of methoxy groups -OCH3 is 1. The normalized spacial score (nSPS) is 11.5. The van der Waals surface area contributed by atoms with Crippen molar-refractivity contribution in [3.63, 3.8) is 0 Å². The summed E-state index contributed by atoms with van der Waals surface area (Å²) >= 11 is 0. The van der Waals surface area contributed by atoms with E-state index < -0.39 is 10.0 Å². The van der Waals surface area contributed by atoms with Gasteiger partial charge in [-0.1, -0.05) is 0 Å². The third-order valence-electron chi connectivity index (χ3n) is 3.47. The zero-order valence-electron chi connectivity index (χ0n) is 13.6. The van der Waals surface area contributed by atoms with Gasteiger partial charge in [0, 0.05) is 13.6 Å². The van der Waals surface area contributed by atoms with E-state index in [-0.39, 0.29) is 10.7 Å². The minimum absolute atomic E-state index is 0.213. The Morgan fingerprint density at radius 3 is 2.17 bits per heavy atom. The van der Waals surface area contributed by atoms with Gasteiger partial charge in [-0.3, -0.25) is 0 Å². The molecule has 130 valence electrons. The third-order valence-corrected chi connectivity index (χ3v) is 5.34. The van der Waals surface area contributed by atoms with Crippen LogP contribution in [0.3, 0.4) is 0 Å². The van der Waals surface area contributed by atoms with Crippen molar-refractivity contribution in [3.8, 4) is 11.5 Å². The molecule has 0 amide bonds. The molecular formula is C17H20FNO4S. The van der Waals surface area contributed by atoms with Crippen LogP contribution < -0.4 is 9.47 Å². The lowest BCUT2D eigenvalue weighted by atomic mass is 10.3. The van der Waals surface area contributed by atoms with Gasteiger partial charge in [0.25, 0.3) is 0 Å². The highest BCUT2D eigenvalue weighted by Crippen LogP contribution is 2.19. The fraction of sp³-hybridized carbons (Fsp3) is 0.294. The zero-order chi connectivity index (χ0) is 17.6. The van der Waals surface area contributed by atoms with Crippen molar-refractivity contribution >= 4 is 10.0 Å². The predicted molar refractivity (Wildman–Crippen MR) is 89.3 cm³/mol. The van der Waals surface area contributed by atoms with Gasteiger partial charge in [-0.25, -0.2) is 17.1 Å². The van der Waals surface area contributed by atoms with Crippen LogP contribution in [0.25, 0.3) is 0 Å². The average Bonchev–Trinajstić information content (AvgIpc) is 2.60. The number of rotatable bonds is 8. The Kier molecular flexibility index (Phi) is 6.16. The standard InChI is InChI=1S/C17H20FNO4S/c1-19(12-3-13-23-16-6-4-14(18)5-7-16)24(20,21)17-10-8-15(22-2)9-11-17/h4-11H,3,12-13H2,1-2H3. The Bertz CT molecular complexity index is 745. The molecule has 0 aliphatic heterocycles. The van der Waals surface area contributed by atoms with E-state index in [4.69, 9.17) is 9.47 Å². The molecule has 2 aromatic carbocycles. The van der Waals surface area contributed by atoms with Crippen LogP contribution in [0.2, 0.25) is 0 Å². The minimum Gasteiger partial charge on any atom is -0.497 e.